The highest BCUT2D eigenvalue weighted by molar-refractivity contribution is 5.90. The Morgan fingerprint density at radius 1 is 0.947 bits per heavy atom. The summed E-state index contributed by atoms with van der Waals surface area (Å²) in [4.78, 5) is 15.9. The lowest BCUT2D eigenvalue weighted by Crippen LogP contribution is -2.58. The number of amides is 1. The summed E-state index contributed by atoms with van der Waals surface area (Å²) in [6.07, 6.45) is 10.3. The maximum absolute atomic E-state index is 11.4. The van der Waals surface area contributed by atoms with Crippen molar-refractivity contribution >= 4 is 11.7 Å². The first-order chi connectivity index (χ1) is 18.2. The lowest BCUT2D eigenvalue weighted by atomic mass is 9.63. The summed E-state index contributed by atoms with van der Waals surface area (Å²) >= 11 is 0. The van der Waals surface area contributed by atoms with Crippen LogP contribution in [0.1, 0.15) is 85.1 Å². The Labute approximate surface area is 228 Å². The largest absolute Gasteiger partial charge is 0.390 e. The van der Waals surface area contributed by atoms with Crippen molar-refractivity contribution in [2.24, 2.45) is 11.7 Å². The van der Waals surface area contributed by atoms with Crippen LogP contribution in [-0.2, 0) is 10.3 Å². The summed E-state index contributed by atoms with van der Waals surface area (Å²) in [5, 5.41) is 12.8. The number of nitrogens with zero attached hydrogens (tertiary/aromatic N) is 1. The minimum absolute atomic E-state index is 0.154. The molecule has 4 N–H and O–H groups in total. The van der Waals surface area contributed by atoms with Crippen LogP contribution in [0, 0.1) is 5.92 Å². The van der Waals surface area contributed by atoms with Gasteiger partial charge >= 0.3 is 0 Å². The first kappa shape index (κ1) is 29.5. The maximum Gasteiger partial charge on any atom is 0.222 e. The highest BCUT2D eigenvalue weighted by Gasteiger charge is 2.49. The van der Waals surface area contributed by atoms with Crippen LogP contribution >= 0.6 is 0 Å². The van der Waals surface area contributed by atoms with E-state index in [0.717, 1.165) is 33.7 Å². The third-order valence-corrected chi connectivity index (χ3v) is 7.35. The molecule has 2 fully saturated rings. The molecular formula is C33H45N3O2. The van der Waals surface area contributed by atoms with Gasteiger partial charge in [0.05, 0.1) is 5.60 Å². The number of aromatic nitrogens is 1. The number of benzene rings is 2. The smallest absolute Gasteiger partial charge is 0.222 e. The van der Waals surface area contributed by atoms with Crippen molar-refractivity contribution in [1.29, 1.82) is 0 Å². The van der Waals surface area contributed by atoms with E-state index in [0.29, 0.717) is 18.7 Å². The number of pyridine rings is 1. The molecule has 0 unspecified atom stereocenters. The lowest BCUT2D eigenvalue weighted by Gasteiger charge is -2.49. The van der Waals surface area contributed by atoms with E-state index in [1.54, 1.807) is 6.20 Å². The van der Waals surface area contributed by atoms with E-state index in [2.05, 4.69) is 17.2 Å². The number of carbonyl (C=O) groups excluding carboxylic acids is 1. The SMILES string of the molecule is CC.CC(=O)Nc1cc(-c2ccccc2)c(-c2ccc(C3(N)CC(C)(O)C3)cc2)cn1.CC1CCCCC1. The Hall–Kier alpha value is -3.02. The molecule has 0 spiro atoms. The molecule has 2 aromatic carbocycles. The molecule has 2 aliphatic carbocycles. The van der Waals surface area contributed by atoms with Crippen LogP contribution in [0.3, 0.4) is 0 Å². The Bertz CT molecular complexity index is 1160. The molecular weight excluding hydrogens is 470 g/mol. The average molecular weight is 516 g/mol. The first-order valence-electron chi connectivity index (χ1n) is 14.1. The second-order valence-corrected chi connectivity index (χ2v) is 11.0. The normalized spacial score (nSPS) is 22.6. The van der Waals surface area contributed by atoms with Crippen molar-refractivity contribution in [3.8, 4) is 22.3 Å². The third kappa shape index (κ3) is 7.75. The van der Waals surface area contributed by atoms with Crippen LogP contribution in [0.5, 0.6) is 0 Å². The van der Waals surface area contributed by atoms with E-state index in [-0.39, 0.29) is 5.91 Å². The van der Waals surface area contributed by atoms with Crippen molar-refractivity contribution < 1.29 is 9.90 Å². The molecule has 0 bridgehead atoms. The fourth-order valence-electron chi connectivity index (χ4n) is 5.59. The van der Waals surface area contributed by atoms with Crippen LogP contribution in [0.25, 0.3) is 22.3 Å². The van der Waals surface area contributed by atoms with Crippen molar-refractivity contribution in [3.63, 3.8) is 0 Å². The summed E-state index contributed by atoms with van der Waals surface area (Å²) in [5.74, 6) is 1.40. The van der Waals surface area contributed by atoms with Crippen molar-refractivity contribution in [2.45, 2.75) is 90.7 Å². The molecule has 1 heterocycles. The molecule has 204 valence electrons. The zero-order valence-corrected chi connectivity index (χ0v) is 23.8. The van der Waals surface area contributed by atoms with Crippen LogP contribution in [-0.4, -0.2) is 21.6 Å². The van der Waals surface area contributed by atoms with Gasteiger partial charge in [-0.2, -0.15) is 0 Å². The Kier molecular flexibility index (Phi) is 10.2. The second kappa shape index (κ2) is 13.2. The predicted molar refractivity (Wildman–Crippen MR) is 159 cm³/mol. The molecule has 5 heteroatoms. The van der Waals surface area contributed by atoms with E-state index >= 15 is 0 Å². The summed E-state index contributed by atoms with van der Waals surface area (Å²) in [6, 6.07) is 20.1. The zero-order valence-electron chi connectivity index (χ0n) is 23.8. The number of aliphatic hydroxyl groups is 1. The van der Waals surface area contributed by atoms with E-state index in [9.17, 15) is 9.90 Å². The van der Waals surface area contributed by atoms with Gasteiger partial charge in [0.15, 0.2) is 0 Å². The van der Waals surface area contributed by atoms with Gasteiger partial charge in [0.1, 0.15) is 5.82 Å². The van der Waals surface area contributed by atoms with E-state index in [1.807, 2.05) is 81.4 Å². The van der Waals surface area contributed by atoms with Crippen LogP contribution in [0.2, 0.25) is 0 Å². The third-order valence-electron chi connectivity index (χ3n) is 7.35. The Morgan fingerprint density at radius 2 is 1.53 bits per heavy atom. The van der Waals surface area contributed by atoms with E-state index in [4.69, 9.17) is 5.73 Å². The van der Waals surface area contributed by atoms with Gasteiger partial charge in [-0.25, -0.2) is 4.98 Å². The standard InChI is InChI=1S/C24H25N3O2.C7H14.C2H6/c1-16(28)27-22-12-20(17-6-4-3-5-7-17)21(13-26-22)18-8-10-19(11-9-18)24(25)14-23(2,29)15-24;1-7-5-3-2-4-6-7;1-2/h3-13,29H,14-15,25H2,1-2H3,(H,26,27,28);7H,2-6H2,1H3;1-2H3. The van der Waals surface area contributed by atoms with Gasteiger partial charge in [-0.3, -0.25) is 4.79 Å². The molecule has 5 nitrogen and oxygen atoms in total. The fraction of sp³-hybridized carbons (Fsp3) is 0.455. The number of anilines is 1. The van der Waals surface area contributed by atoms with Crippen molar-refractivity contribution in [2.75, 3.05) is 5.32 Å². The van der Waals surface area contributed by atoms with Gasteiger partial charge in [0.25, 0.3) is 0 Å². The molecule has 0 aliphatic heterocycles. The topological polar surface area (TPSA) is 88.2 Å². The summed E-state index contributed by atoms with van der Waals surface area (Å²) in [7, 11) is 0. The van der Waals surface area contributed by atoms with Crippen LogP contribution in [0.15, 0.2) is 66.9 Å². The minimum atomic E-state index is -0.683. The van der Waals surface area contributed by atoms with Gasteiger partial charge in [0.2, 0.25) is 5.91 Å². The molecule has 38 heavy (non-hydrogen) atoms. The molecule has 1 amide bonds. The number of hydrogen-bond acceptors (Lipinski definition) is 4. The van der Waals surface area contributed by atoms with Crippen molar-refractivity contribution in [3.05, 3.63) is 72.4 Å². The Balaban J connectivity index is 0.000000381. The number of nitrogens with one attached hydrogen (secondary N) is 1. The van der Waals surface area contributed by atoms with Gasteiger partial charge in [-0.15, -0.1) is 0 Å². The number of hydrogen-bond donors (Lipinski definition) is 3. The molecule has 1 aromatic heterocycles. The van der Waals surface area contributed by atoms with Crippen LogP contribution < -0.4 is 11.1 Å². The number of rotatable bonds is 4. The van der Waals surface area contributed by atoms with E-state index < -0.39 is 11.1 Å². The maximum atomic E-state index is 11.4. The molecule has 5 rings (SSSR count). The summed E-state index contributed by atoms with van der Waals surface area (Å²) in [6.45, 7) is 9.65. The molecule has 0 saturated heterocycles. The van der Waals surface area contributed by atoms with Gasteiger partial charge in [-0.1, -0.05) is 107 Å². The van der Waals surface area contributed by atoms with Crippen molar-refractivity contribution in [1.82, 2.24) is 4.98 Å². The number of nitrogens with two attached hydrogens (primary N) is 1. The molecule has 2 saturated carbocycles. The average Bonchev–Trinajstić information content (AvgIpc) is 2.90. The van der Waals surface area contributed by atoms with Gasteiger partial charge in [-0.05, 0) is 54.0 Å². The van der Waals surface area contributed by atoms with Crippen LogP contribution in [0.4, 0.5) is 5.82 Å². The molecule has 0 atom stereocenters. The quantitative estimate of drug-likeness (QED) is 0.332. The summed E-state index contributed by atoms with van der Waals surface area (Å²) in [5.41, 5.74) is 10.4. The highest BCUT2D eigenvalue weighted by atomic mass is 16.3. The lowest BCUT2D eigenvalue weighted by molar-refractivity contribution is -0.114. The second-order valence-electron chi connectivity index (χ2n) is 11.0. The fourth-order valence-corrected chi connectivity index (χ4v) is 5.59. The minimum Gasteiger partial charge on any atom is -0.390 e. The number of carbonyl (C=O) groups is 1. The molecule has 0 radical (unpaired) electrons. The molecule has 3 aromatic rings. The first-order valence-corrected chi connectivity index (χ1v) is 14.1. The van der Waals surface area contributed by atoms with Gasteiger partial charge in [0, 0.05) is 24.2 Å². The predicted octanol–water partition coefficient (Wildman–Crippen LogP) is 7.69. The van der Waals surface area contributed by atoms with E-state index in [1.165, 1.54) is 39.0 Å². The monoisotopic (exact) mass is 515 g/mol. The van der Waals surface area contributed by atoms with Gasteiger partial charge < -0.3 is 16.2 Å². The molecule has 2 aliphatic rings. The zero-order chi connectivity index (χ0) is 27.8. The Morgan fingerprint density at radius 3 is 2.03 bits per heavy atom. The highest BCUT2D eigenvalue weighted by Crippen LogP contribution is 2.46. The summed E-state index contributed by atoms with van der Waals surface area (Å²) < 4.78 is 0.